The Morgan fingerprint density at radius 1 is 1.35 bits per heavy atom. The summed E-state index contributed by atoms with van der Waals surface area (Å²) < 4.78 is 1.90. The molecule has 1 aromatic heterocycles. The van der Waals surface area contributed by atoms with Crippen LogP contribution >= 0.6 is 23.2 Å². The third kappa shape index (κ3) is 3.98. The molecule has 3 nitrogen and oxygen atoms in total. The smallest absolute Gasteiger partial charge is 0.0674 e. The minimum atomic E-state index is 0.310. The predicted molar refractivity (Wildman–Crippen MR) is 84.5 cm³/mol. The van der Waals surface area contributed by atoms with Crippen LogP contribution in [0.25, 0.3) is 0 Å². The molecule has 0 fully saturated rings. The van der Waals surface area contributed by atoms with Crippen molar-refractivity contribution in [2.24, 2.45) is 0 Å². The second-order valence-corrected chi connectivity index (χ2v) is 5.73. The standard InChI is InChI=1S/C15H19Cl2N3/c1-3-6-18-11(2)13-8-19-20(10-13)9-12-4-5-14(16)7-15(12)17/h4-5,7-8,10-11,18H,3,6,9H2,1-2H3. The minimum absolute atomic E-state index is 0.310. The Morgan fingerprint density at radius 2 is 2.15 bits per heavy atom. The second kappa shape index (κ2) is 7.11. The summed E-state index contributed by atoms with van der Waals surface area (Å²) in [4.78, 5) is 0. The fourth-order valence-corrected chi connectivity index (χ4v) is 2.46. The number of benzene rings is 1. The lowest BCUT2D eigenvalue weighted by Crippen LogP contribution is -2.18. The molecule has 5 heteroatoms. The minimum Gasteiger partial charge on any atom is -0.310 e. The van der Waals surface area contributed by atoms with Crippen LogP contribution in [0.1, 0.15) is 37.4 Å². The molecule has 1 heterocycles. The monoisotopic (exact) mass is 311 g/mol. The highest BCUT2D eigenvalue weighted by molar-refractivity contribution is 6.35. The van der Waals surface area contributed by atoms with E-state index in [9.17, 15) is 0 Å². The Balaban J connectivity index is 2.05. The molecule has 0 aliphatic rings. The molecular weight excluding hydrogens is 293 g/mol. The fraction of sp³-hybridized carbons (Fsp3) is 0.400. The van der Waals surface area contributed by atoms with Gasteiger partial charge in [-0.25, -0.2) is 0 Å². The van der Waals surface area contributed by atoms with Crippen LogP contribution in [0.5, 0.6) is 0 Å². The summed E-state index contributed by atoms with van der Waals surface area (Å²) in [6.45, 7) is 5.96. The molecule has 0 amide bonds. The van der Waals surface area contributed by atoms with Gasteiger partial charge in [0.15, 0.2) is 0 Å². The first-order chi connectivity index (χ1) is 9.60. The van der Waals surface area contributed by atoms with Crippen molar-refractivity contribution in [3.05, 3.63) is 51.8 Å². The first kappa shape index (κ1) is 15.4. The van der Waals surface area contributed by atoms with Crippen LogP contribution in [-0.4, -0.2) is 16.3 Å². The van der Waals surface area contributed by atoms with Gasteiger partial charge in [0.05, 0.1) is 12.7 Å². The fourth-order valence-electron chi connectivity index (χ4n) is 1.99. The van der Waals surface area contributed by atoms with E-state index in [2.05, 4.69) is 30.5 Å². The largest absolute Gasteiger partial charge is 0.310 e. The van der Waals surface area contributed by atoms with Crippen LogP contribution in [0.4, 0.5) is 0 Å². The van der Waals surface area contributed by atoms with Crippen LogP contribution in [0, 0.1) is 0 Å². The van der Waals surface area contributed by atoms with Crippen molar-refractivity contribution < 1.29 is 0 Å². The van der Waals surface area contributed by atoms with E-state index < -0.39 is 0 Å². The molecule has 0 bridgehead atoms. The molecule has 0 saturated carbocycles. The Morgan fingerprint density at radius 3 is 2.85 bits per heavy atom. The van der Waals surface area contributed by atoms with Gasteiger partial charge in [0.25, 0.3) is 0 Å². The molecule has 0 aliphatic carbocycles. The summed E-state index contributed by atoms with van der Waals surface area (Å²) >= 11 is 12.1. The Bertz CT molecular complexity index is 566. The lowest BCUT2D eigenvalue weighted by atomic mass is 10.2. The molecule has 2 aromatic rings. The van der Waals surface area contributed by atoms with E-state index in [-0.39, 0.29) is 0 Å². The van der Waals surface area contributed by atoms with Crippen LogP contribution < -0.4 is 5.32 Å². The summed E-state index contributed by atoms with van der Waals surface area (Å²) in [6, 6.07) is 5.85. The van der Waals surface area contributed by atoms with Crippen molar-refractivity contribution in [3.8, 4) is 0 Å². The first-order valence-corrected chi connectivity index (χ1v) is 7.55. The molecule has 1 atom stereocenters. The molecule has 1 aromatic carbocycles. The lowest BCUT2D eigenvalue weighted by molar-refractivity contribution is 0.569. The molecular formula is C15H19Cl2N3. The van der Waals surface area contributed by atoms with E-state index in [4.69, 9.17) is 23.2 Å². The van der Waals surface area contributed by atoms with Gasteiger partial charge in [0, 0.05) is 27.8 Å². The number of hydrogen-bond donors (Lipinski definition) is 1. The molecule has 2 rings (SSSR count). The van der Waals surface area contributed by atoms with E-state index in [0.29, 0.717) is 22.6 Å². The topological polar surface area (TPSA) is 29.9 Å². The third-order valence-electron chi connectivity index (χ3n) is 3.20. The Kier molecular flexibility index (Phi) is 5.46. The zero-order valence-corrected chi connectivity index (χ0v) is 13.2. The van der Waals surface area contributed by atoms with Gasteiger partial charge in [-0.05, 0) is 37.6 Å². The molecule has 1 N–H and O–H groups in total. The highest BCUT2D eigenvalue weighted by atomic mass is 35.5. The van der Waals surface area contributed by atoms with Crippen LogP contribution in [0.3, 0.4) is 0 Å². The Labute approximate surface area is 129 Å². The van der Waals surface area contributed by atoms with Crippen LogP contribution in [0.15, 0.2) is 30.6 Å². The average Bonchev–Trinajstić information content (AvgIpc) is 2.88. The van der Waals surface area contributed by atoms with Crippen molar-refractivity contribution >= 4 is 23.2 Å². The van der Waals surface area contributed by atoms with Gasteiger partial charge in [-0.15, -0.1) is 0 Å². The van der Waals surface area contributed by atoms with Gasteiger partial charge in [0.1, 0.15) is 0 Å². The summed E-state index contributed by atoms with van der Waals surface area (Å²) in [5.74, 6) is 0. The average molecular weight is 312 g/mol. The van der Waals surface area contributed by atoms with Crippen molar-refractivity contribution in [2.75, 3.05) is 6.54 Å². The number of hydrogen-bond acceptors (Lipinski definition) is 2. The van der Waals surface area contributed by atoms with E-state index >= 15 is 0 Å². The number of halogens is 2. The molecule has 0 saturated heterocycles. The number of aromatic nitrogens is 2. The molecule has 0 aliphatic heterocycles. The highest BCUT2D eigenvalue weighted by Gasteiger charge is 2.08. The van der Waals surface area contributed by atoms with Crippen LogP contribution in [0.2, 0.25) is 10.0 Å². The predicted octanol–water partition coefficient (Wildman–Crippen LogP) is 4.30. The highest BCUT2D eigenvalue weighted by Crippen LogP contribution is 2.22. The molecule has 20 heavy (non-hydrogen) atoms. The molecule has 1 unspecified atom stereocenters. The molecule has 0 spiro atoms. The first-order valence-electron chi connectivity index (χ1n) is 6.79. The second-order valence-electron chi connectivity index (χ2n) is 4.88. The van der Waals surface area contributed by atoms with Crippen LogP contribution in [-0.2, 0) is 6.54 Å². The van der Waals surface area contributed by atoms with E-state index in [1.807, 2.05) is 23.0 Å². The van der Waals surface area contributed by atoms with Gasteiger partial charge in [0.2, 0.25) is 0 Å². The third-order valence-corrected chi connectivity index (χ3v) is 3.79. The molecule has 108 valence electrons. The maximum atomic E-state index is 6.18. The Hall–Kier alpha value is -1.03. The SMILES string of the molecule is CCCNC(C)c1cnn(Cc2ccc(Cl)cc2Cl)c1. The summed E-state index contributed by atoms with van der Waals surface area (Å²) in [6.07, 6.45) is 5.08. The molecule has 0 radical (unpaired) electrons. The van der Waals surface area contributed by atoms with Gasteiger partial charge < -0.3 is 5.32 Å². The zero-order valence-electron chi connectivity index (χ0n) is 11.7. The summed E-state index contributed by atoms with van der Waals surface area (Å²) in [7, 11) is 0. The normalized spacial score (nSPS) is 12.6. The summed E-state index contributed by atoms with van der Waals surface area (Å²) in [5.41, 5.74) is 2.20. The number of nitrogens with zero attached hydrogens (tertiary/aromatic N) is 2. The van der Waals surface area contributed by atoms with Crippen molar-refractivity contribution in [2.45, 2.75) is 32.9 Å². The van der Waals surface area contributed by atoms with Gasteiger partial charge >= 0.3 is 0 Å². The van der Waals surface area contributed by atoms with Gasteiger partial charge in [-0.3, -0.25) is 4.68 Å². The zero-order chi connectivity index (χ0) is 14.5. The summed E-state index contributed by atoms with van der Waals surface area (Å²) in [5, 5.41) is 9.16. The lowest BCUT2D eigenvalue weighted by Gasteiger charge is -2.10. The van der Waals surface area contributed by atoms with Crippen molar-refractivity contribution in [1.82, 2.24) is 15.1 Å². The quantitative estimate of drug-likeness (QED) is 0.862. The van der Waals surface area contributed by atoms with Gasteiger partial charge in [-0.2, -0.15) is 5.10 Å². The maximum absolute atomic E-state index is 6.18. The number of nitrogens with one attached hydrogen (secondary N) is 1. The van der Waals surface area contributed by atoms with E-state index in [0.717, 1.165) is 18.5 Å². The number of rotatable bonds is 6. The van der Waals surface area contributed by atoms with E-state index in [1.54, 1.807) is 6.07 Å². The van der Waals surface area contributed by atoms with E-state index in [1.165, 1.54) is 5.56 Å². The maximum Gasteiger partial charge on any atom is 0.0674 e. The van der Waals surface area contributed by atoms with Crippen molar-refractivity contribution in [1.29, 1.82) is 0 Å². The van der Waals surface area contributed by atoms with Crippen molar-refractivity contribution in [3.63, 3.8) is 0 Å². The van der Waals surface area contributed by atoms with Gasteiger partial charge in [-0.1, -0.05) is 36.2 Å².